The molecule has 3 rings (SSSR count). The van der Waals surface area contributed by atoms with Crippen LogP contribution in [0.1, 0.15) is 5.56 Å². The molecule has 3 aromatic rings. The molecule has 0 heterocycles. The summed E-state index contributed by atoms with van der Waals surface area (Å²) in [5.41, 5.74) is 1.30. The first kappa shape index (κ1) is 16.1. The molecule has 0 amide bonds. The summed E-state index contributed by atoms with van der Waals surface area (Å²) in [5, 5.41) is 0. The minimum atomic E-state index is -0.0229. The Kier molecular flexibility index (Phi) is 6.05. The molecule has 0 aliphatic rings. The van der Waals surface area contributed by atoms with Gasteiger partial charge in [0.25, 0.3) is 0 Å². The average molecular weight is 305 g/mol. The van der Waals surface area contributed by atoms with E-state index in [1.54, 1.807) is 0 Å². The zero-order chi connectivity index (χ0) is 15.8. The van der Waals surface area contributed by atoms with Crippen molar-refractivity contribution in [2.24, 2.45) is 0 Å². The van der Waals surface area contributed by atoms with Crippen LogP contribution in [-0.4, -0.2) is 0 Å². The Morgan fingerprint density at radius 3 is 1.32 bits per heavy atom. The van der Waals surface area contributed by atoms with Gasteiger partial charge in [0, 0.05) is 0 Å². The number of hydrogen-bond donors (Lipinski definition) is 0. The highest BCUT2D eigenvalue weighted by Gasteiger charge is 2.27. The molecule has 110 valence electrons. The van der Waals surface area contributed by atoms with E-state index in [0.717, 1.165) is 0 Å². The molecule has 0 atom stereocenters. The van der Waals surface area contributed by atoms with Crippen molar-refractivity contribution in [3.05, 3.63) is 104 Å². The molecule has 3 aromatic carbocycles. The van der Waals surface area contributed by atoms with E-state index in [2.05, 4.69) is 105 Å². The molecular weight excluding hydrogens is 284 g/mol. The van der Waals surface area contributed by atoms with Crippen molar-refractivity contribution in [1.82, 2.24) is 0 Å². The largest absolute Gasteiger partial charge is 0.166 e. The van der Waals surface area contributed by atoms with Crippen LogP contribution in [0.15, 0.2) is 113 Å². The van der Waals surface area contributed by atoms with Gasteiger partial charge in [-0.15, -0.1) is 13.2 Å². The van der Waals surface area contributed by atoms with Gasteiger partial charge >= 0.3 is 0 Å². The second-order valence-corrected chi connectivity index (χ2v) is 6.77. The van der Waals surface area contributed by atoms with Crippen molar-refractivity contribution < 1.29 is 0 Å². The Bertz CT molecular complexity index is 633. The predicted octanol–water partition coefficient (Wildman–Crippen LogP) is 5.89. The van der Waals surface area contributed by atoms with Crippen molar-refractivity contribution in [3.8, 4) is 0 Å². The first-order valence-electron chi connectivity index (χ1n) is 7.26. The molecule has 0 nitrogen and oxygen atoms in total. The summed E-state index contributed by atoms with van der Waals surface area (Å²) in [4.78, 5) is 4.10. The van der Waals surface area contributed by atoms with E-state index in [0.29, 0.717) is 0 Å². The lowest BCUT2D eigenvalue weighted by Crippen LogP contribution is -2.04. The van der Waals surface area contributed by atoms with Crippen molar-refractivity contribution in [3.63, 3.8) is 0 Å². The van der Waals surface area contributed by atoms with Crippen LogP contribution in [0.2, 0.25) is 0 Å². The van der Waals surface area contributed by atoms with E-state index in [1.165, 1.54) is 20.2 Å². The van der Waals surface area contributed by atoms with Crippen LogP contribution < -0.4 is 0 Å². The number of rotatable bonds is 3. The van der Waals surface area contributed by atoms with Gasteiger partial charge in [-0.05, 0) is 43.3 Å². The van der Waals surface area contributed by atoms with E-state index >= 15 is 0 Å². The van der Waals surface area contributed by atoms with Gasteiger partial charge in [0.2, 0.25) is 0 Å². The minimum Gasteiger partial charge on any atom is -0.106 e. The third-order valence-corrected chi connectivity index (χ3v) is 5.45. The summed E-state index contributed by atoms with van der Waals surface area (Å²) in [6, 6.07) is 30.4. The minimum absolute atomic E-state index is 0.0229. The first-order chi connectivity index (χ1) is 10.8. The molecule has 0 aliphatic carbocycles. The maximum Gasteiger partial charge on any atom is 0.166 e. The molecule has 1 heteroatoms. The number of benzene rings is 3. The van der Waals surface area contributed by atoms with Crippen molar-refractivity contribution in [2.45, 2.75) is 21.6 Å². The molecule has 0 aromatic heterocycles. The van der Waals surface area contributed by atoms with Crippen LogP contribution in [0.4, 0.5) is 0 Å². The van der Waals surface area contributed by atoms with Crippen LogP contribution in [0, 0.1) is 6.92 Å². The van der Waals surface area contributed by atoms with Gasteiger partial charge in [-0.2, -0.15) is 0 Å². The molecule has 0 bridgehead atoms. The molecule has 22 heavy (non-hydrogen) atoms. The van der Waals surface area contributed by atoms with Crippen LogP contribution in [0.25, 0.3) is 0 Å². The zero-order valence-electron chi connectivity index (χ0n) is 12.9. The normalized spacial score (nSPS) is 9.91. The topological polar surface area (TPSA) is 0 Å². The Hall–Kier alpha value is -2.25. The lowest BCUT2D eigenvalue weighted by Gasteiger charge is -2.07. The Morgan fingerprint density at radius 1 is 0.545 bits per heavy atom. The third kappa shape index (κ3) is 3.90. The van der Waals surface area contributed by atoms with Crippen LogP contribution >= 0.6 is 0 Å². The van der Waals surface area contributed by atoms with Gasteiger partial charge in [0.15, 0.2) is 14.7 Å². The Morgan fingerprint density at radius 2 is 0.909 bits per heavy atom. The van der Waals surface area contributed by atoms with Crippen LogP contribution in [0.5, 0.6) is 0 Å². The van der Waals surface area contributed by atoms with Crippen molar-refractivity contribution >= 4 is 10.9 Å². The standard InChI is InChI=1S/C19H17S.C2H4/c1-16-12-14-19(15-13-16)20(17-8-4-2-5-9-17)18-10-6-3-7-11-18;1-2/h2-15H,1H3;1-2H2/q+1;. The maximum atomic E-state index is 3.00. The average Bonchev–Trinajstić information content (AvgIpc) is 2.61. The smallest absolute Gasteiger partial charge is 0.106 e. The Balaban J connectivity index is 0.000000847. The van der Waals surface area contributed by atoms with Crippen LogP contribution in [0.3, 0.4) is 0 Å². The monoisotopic (exact) mass is 305 g/mol. The summed E-state index contributed by atoms with van der Waals surface area (Å²) in [6.45, 7) is 8.13. The summed E-state index contributed by atoms with van der Waals surface area (Å²) >= 11 is 0. The predicted molar refractivity (Wildman–Crippen MR) is 97.5 cm³/mol. The van der Waals surface area contributed by atoms with Crippen LogP contribution in [-0.2, 0) is 10.9 Å². The maximum absolute atomic E-state index is 3.00. The van der Waals surface area contributed by atoms with E-state index in [4.69, 9.17) is 0 Å². The summed E-state index contributed by atoms with van der Waals surface area (Å²) in [5.74, 6) is 0. The van der Waals surface area contributed by atoms with Gasteiger partial charge in [0.1, 0.15) is 0 Å². The number of hydrogen-bond acceptors (Lipinski definition) is 0. The molecule has 0 N–H and O–H groups in total. The fourth-order valence-corrected chi connectivity index (χ4v) is 4.28. The zero-order valence-corrected chi connectivity index (χ0v) is 13.7. The summed E-state index contributed by atoms with van der Waals surface area (Å²) in [7, 11) is -0.0229. The molecule has 0 radical (unpaired) electrons. The second-order valence-electron chi connectivity index (χ2n) is 4.75. The van der Waals surface area contributed by atoms with Crippen molar-refractivity contribution in [2.75, 3.05) is 0 Å². The van der Waals surface area contributed by atoms with Gasteiger partial charge in [-0.25, -0.2) is 0 Å². The lowest BCUT2D eigenvalue weighted by atomic mass is 10.2. The quantitative estimate of drug-likeness (QED) is 0.418. The van der Waals surface area contributed by atoms with E-state index in [1.807, 2.05) is 0 Å². The van der Waals surface area contributed by atoms with Gasteiger partial charge in [0.05, 0.1) is 10.9 Å². The highest BCUT2D eigenvalue weighted by Crippen LogP contribution is 2.30. The Labute approximate surface area is 136 Å². The lowest BCUT2D eigenvalue weighted by molar-refractivity contribution is 1.30. The highest BCUT2D eigenvalue weighted by atomic mass is 32.2. The fraction of sp³-hybridized carbons (Fsp3) is 0.0476. The summed E-state index contributed by atoms with van der Waals surface area (Å²) in [6.07, 6.45) is 0. The third-order valence-electron chi connectivity index (χ3n) is 3.21. The SMILES string of the molecule is C=C.Cc1ccc([S+](c2ccccc2)c2ccccc2)cc1. The first-order valence-corrected chi connectivity index (χ1v) is 8.48. The van der Waals surface area contributed by atoms with Gasteiger partial charge < -0.3 is 0 Å². The van der Waals surface area contributed by atoms with E-state index < -0.39 is 0 Å². The van der Waals surface area contributed by atoms with Gasteiger partial charge in [-0.1, -0.05) is 54.1 Å². The molecule has 0 aliphatic heterocycles. The fourth-order valence-electron chi connectivity index (χ4n) is 2.20. The molecule has 0 saturated heterocycles. The van der Waals surface area contributed by atoms with Gasteiger partial charge in [-0.3, -0.25) is 0 Å². The molecule has 0 fully saturated rings. The van der Waals surface area contributed by atoms with Crippen molar-refractivity contribution in [1.29, 1.82) is 0 Å². The molecular formula is C21H21S+. The second kappa shape index (κ2) is 8.26. The number of aryl methyl sites for hydroxylation is 1. The highest BCUT2D eigenvalue weighted by molar-refractivity contribution is 7.97. The van der Waals surface area contributed by atoms with E-state index in [9.17, 15) is 0 Å². The molecule has 0 spiro atoms. The van der Waals surface area contributed by atoms with E-state index in [-0.39, 0.29) is 10.9 Å². The molecule has 0 unspecified atom stereocenters. The summed E-state index contributed by atoms with van der Waals surface area (Å²) < 4.78 is 0. The molecule has 0 saturated carbocycles.